The van der Waals surface area contributed by atoms with Crippen LogP contribution in [0, 0.1) is 0 Å². The van der Waals surface area contributed by atoms with Gasteiger partial charge in [-0.1, -0.05) is 19.1 Å². The Hall–Kier alpha value is -1.57. The Kier molecular flexibility index (Phi) is 3.55. The van der Waals surface area contributed by atoms with E-state index in [1.165, 1.54) is 0 Å². The fourth-order valence-corrected chi connectivity index (χ4v) is 2.13. The monoisotopic (exact) mass is 244 g/mol. The number of carbonyl (C=O) groups is 1. The van der Waals surface area contributed by atoms with E-state index in [1.807, 2.05) is 39.0 Å². The summed E-state index contributed by atoms with van der Waals surface area (Å²) in [5, 5.41) is 0. The Morgan fingerprint density at radius 1 is 1.33 bits per heavy atom. The minimum absolute atomic E-state index is 0.244. The van der Waals surface area contributed by atoms with E-state index in [9.17, 15) is 4.79 Å². The lowest BCUT2D eigenvalue weighted by molar-refractivity contribution is -0.118. The summed E-state index contributed by atoms with van der Waals surface area (Å²) in [7, 11) is 0. The third kappa shape index (κ3) is 3.00. The Labute approximate surface area is 109 Å². The number of ether oxygens (including phenoxy) is 1. The molecule has 0 aliphatic carbocycles. The first-order valence-electron chi connectivity index (χ1n) is 6.53. The van der Waals surface area contributed by atoms with Gasteiger partial charge in [-0.2, -0.15) is 0 Å². The highest BCUT2D eigenvalue weighted by atomic mass is 16.5. The molecule has 0 saturated heterocycles. The third-order valence-corrected chi connectivity index (χ3v) is 3.04. The topological polar surface area (TPSA) is 26.3 Å². The lowest BCUT2D eigenvalue weighted by atomic mass is 9.98. The van der Waals surface area contributed by atoms with E-state index in [0.29, 0.717) is 18.6 Å². The van der Waals surface area contributed by atoms with Gasteiger partial charge in [0.05, 0.1) is 0 Å². The Bertz CT molecular complexity index is 484. The molecule has 0 unspecified atom stereocenters. The molecule has 1 aromatic rings. The zero-order valence-electron chi connectivity index (χ0n) is 11.3. The van der Waals surface area contributed by atoms with E-state index >= 15 is 0 Å². The molecular weight excluding hydrogens is 224 g/mol. The molecule has 18 heavy (non-hydrogen) atoms. The highest BCUT2D eigenvalue weighted by Crippen LogP contribution is 2.31. The SMILES string of the molecule is CCCC(=O)Cc1ccc2c(c1)C=CC(C)(C)O2. The molecule has 1 heterocycles. The summed E-state index contributed by atoms with van der Waals surface area (Å²) in [5.41, 5.74) is 1.89. The van der Waals surface area contributed by atoms with E-state index in [-0.39, 0.29) is 5.60 Å². The van der Waals surface area contributed by atoms with Crippen molar-refractivity contribution in [2.24, 2.45) is 0 Å². The van der Waals surface area contributed by atoms with Crippen molar-refractivity contribution in [2.75, 3.05) is 0 Å². The van der Waals surface area contributed by atoms with Crippen LogP contribution >= 0.6 is 0 Å². The van der Waals surface area contributed by atoms with E-state index in [0.717, 1.165) is 23.3 Å². The van der Waals surface area contributed by atoms with Crippen LogP contribution in [0.2, 0.25) is 0 Å². The molecule has 1 aliphatic rings. The average molecular weight is 244 g/mol. The molecule has 0 N–H and O–H groups in total. The Morgan fingerprint density at radius 3 is 2.83 bits per heavy atom. The number of benzene rings is 1. The Balaban J connectivity index is 2.16. The van der Waals surface area contributed by atoms with Gasteiger partial charge in [-0.3, -0.25) is 4.79 Å². The van der Waals surface area contributed by atoms with Gasteiger partial charge in [0.25, 0.3) is 0 Å². The molecule has 0 atom stereocenters. The summed E-state index contributed by atoms with van der Waals surface area (Å²) in [6, 6.07) is 6.01. The van der Waals surface area contributed by atoms with Gasteiger partial charge in [0.15, 0.2) is 0 Å². The van der Waals surface area contributed by atoms with Crippen LogP contribution in [0.4, 0.5) is 0 Å². The van der Waals surface area contributed by atoms with Gasteiger partial charge in [-0.15, -0.1) is 0 Å². The highest BCUT2D eigenvalue weighted by molar-refractivity contribution is 5.81. The van der Waals surface area contributed by atoms with Crippen LogP contribution in [0.3, 0.4) is 0 Å². The lowest BCUT2D eigenvalue weighted by Crippen LogP contribution is -2.27. The minimum Gasteiger partial charge on any atom is -0.483 e. The summed E-state index contributed by atoms with van der Waals surface area (Å²) < 4.78 is 5.86. The predicted octanol–water partition coefficient (Wildman–Crippen LogP) is 3.78. The van der Waals surface area contributed by atoms with Crippen LogP contribution in [0.15, 0.2) is 24.3 Å². The molecule has 2 nitrogen and oxygen atoms in total. The first-order chi connectivity index (χ1) is 8.50. The largest absolute Gasteiger partial charge is 0.483 e. The summed E-state index contributed by atoms with van der Waals surface area (Å²) >= 11 is 0. The smallest absolute Gasteiger partial charge is 0.137 e. The second-order valence-electron chi connectivity index (χ2n) is 5.38. The molecule has 0 fully saturated rings. The fraction of sp³-hybridized carbons (Fsp3) is 0.438. The highest BCUT2D eigenvalue weighted by Gasteiger charge is 2.21. The minimum atomic E-state index is -0.244. The maximum Gasteiger partial charge on any atom is 0.137 e. The molecule has 0 aromatic heterocycles. The van der Waals surface area contributed by atoms with Gasteiger partial charge in [-0.05, 0) is 44.0 Å². The number of ketones is 1. The number of hydrogen-bond acceptors (Lipinski definition) is 2. The summed E-state index contributed by atoms with van der Waals surface area (Å²) in [4.78, 5) is 11.6. The molecule has 1 aromatic carbocycles. The molecule has 0 radical (unpaired) electrons. The number of Topliss-reactive ketones (excluding diaryl/α,β-unsaturated/α-hetero) is 1. The van der Waals surface area contributed by atoms with Crippen molar-refractivity contribution in [3.63, 3.8) is 0 Å². The molecule has 0 saturated carbocycles. The summed E-state index contributed by atoms with van der Waals surface area (Å²) in [6.45, 7) is 6.10. The van der Waals surface area contributed by atoms with Crippen molar-refractivity contribution >= 4 is 11.9 Å². The van der Waals surface area contributed by atoms with Gasteiger partial charge in [0.2, 0.25) is 0 Å². The summed E-state index contributed by atoms with van der Waals surface area (Å²) in [6.07, 6.45) is 6.23. The molecule has 0 spiro atoms. The van der Waals surface area contributed by atoms with Gasteiger partial charge in [0, 0.05) is 18.4 Å². The Morgan fingerprint density at radius 2 is 2.11 bits per heavy atom. The standard InChI is InChI=1S/C16H20O2/c1-4-5-14(17)11-12-6-7-15-13(10-12)8-9-16(2,3)18-15/h6-10H,4-5,11H2,1-3H3. The second kappa shape index (κ2) is 4.97. The molecule has 2 heteroatoms. The molecule has 96 valence electrons. The second-order valence-corrected chi connectivity index (χ2v) is 5.38. The number of rotatable bonds is 4. The van der Waals surface area contributed by atoms with Crippen molar-refractivity contribution in [3.05, 3.63) is 35.4 Å². The van der Waals surface area contributed by atoms with Crippen LogP contribution in [-0.4, -0.2) is 11.4 Å². The number of carbonyl (C=O) groups excluding carboxylic acids is 1. The zero-order chi connectivity index (χ0) is 13.2. The van der Waals surface area contributed by atoms with Crippen LogP contribution in [-0.2, 0) is 11.2 Å². The fourth-order valence-electron chi connectivity index (χ4n) is 2.13. The van der Waals surface area contributed by atoms with E-state index in [1.54, 1.807) is 0 Å². The van der Waals surface area contributed by atoms with Crippen LogP contribution in [0.25, 0.3) is 6.08 Å². The maximum atomic E-state index is 11.6. The third-order valence-electron chi connectivity index (χ3n) is 3.04. The number of hydrogen-bond donors (Lipinski definition) is 0. The van der Waals surface area contributed by atoms with Crippen molar-refractivity contribution in [2.45, 2.75) is 45.6 Å². The number of fused-ring (bicyclic) bond motifs is 1. The molecule has 2 rings (SSSR count). The molecular formula is C16H20O2. The van der Waals surface area contributed by atoms with Gasteiger partial charge < -0.3 is 4.74 Å². The lowest BCUT2D eigenvalue weighted by Gasteiger charge is -2.28. The quantitative estimate of drug-likeness (QED) is 0.805. The van der Waals surface area contributed by atoms with Gasteiger partial charge in [-0.25, -0.2) is 0 Å². The van der Waals surface area contributed by atoms with Crippen LogP contribution < -0.4 is 4.74 Å². The normalized spacial score (nSPS) is 15.9. The van der Waals surface area contributed by atoms with Crippen LogP contribution in [0.5, 0.6) is 5.75 Å². The summed E-state index contributed by atoms with van der Waals surface area (Å²) in [5.74, 6) is 1.20. The average Bonchev–Trinajstić information content (AvgIpc) is 2.29. The maximum absolute atomic E-state index is 11.6. The van der Waals surface area contributed by atoms with E-state index < -0.39 is 0 Å². The van der Waals surface area contributed by atoms with Gasteiger partial charge >= 0.3 is 0 Å². The van der Waals surface area contributed by atoms with Crippen molar-refractivity contribution < 1.29 is 9.53 Å². The molecule has 1 aliphatic heterocycles. The van der Waals surface area contributed by atoms with Crippen molar-refractivity contribution in [3.8, 4) is 5.75 Å². The van der Waals surface area contributed by atoms with E-state index in [4.69, 9.17) is 4.74 Å². The van der Waals surface area contributed by atoms with E-state index in [2.05, 4.69) is 12.1 Å². The van der Waals surface area contributed by atoms with Crippen LogP contribution in [0.1, 0.15) is 44.7 Å². The zero-order valence-corrected chi connectivity index (χ0v) is 11.3. The molecule has 0 amide bonds. The molecule has 0 bridgehead atoms. The van der Waals surface area contributed by atoms with Crippen molar-refractivity contribution in [1.29, 1.82) is 0 Å². The van der Waals surface area contributed by atoms with Gasteiger partial charge in [0.1, 0.15) is 17.1 Å². The first-order valence-corrected chi connectivity index (χ1v) is 6.53. The first kappa shape index (κ1) is 12.9. The predicted molar refractivity (Wildman–Crippen MR) is 73.8 cm³/mol. The van der Waals surface area contributed by atoms with Crippen molar-refractivity contribution in [1.82, 2.24) is 0 Å².